The summed E-state index contributed by atoms with van der Waals surface area (Å²) < 4.78 is 13.8. The van der Waals surface area contributed by atoms with E-state index in [-0.39, 0.29) is 22.6 Å². The van der Waals surface area contributed by atoms with E-state index >= 15 is 0 Å². The Morgan fingerprint density at radius 3 is 2.57 bits per heavy atom. The van der Waals surface area contributed by atoms with Gasteiger partial charge in [-0.2, -0.15) is 0 Å². The van der Waals surface area contributed by atoms with Crippen molar-refractivity contribution in [2.75, 3.05) is 5.32 Å². The third-order valence-corrected chi connectivity index (χ3v) is 2.93. The van der Waals surface area contributed by atoms with Crippen LogP contribution in [-0.4, -0.2) is 22.1 Å². The number of phenolic OH excluding ortho intramolecular Hbond substituents is 1. The Morgan fingerprint density at radius 2 is 1.90 bits per heavy atom. The molecule has 0 aliphatic rings. The van der Waals surface area contributed by atoms with E-state index < -0.39 is 17.7 Å². The number of carbonyl (C=O) groups excluding carboxylic acids is 1. The number of anilines is 1. The van der Waals surface area contributed by atoms with Crippen molar-refractivity contribution in [2.45, 2.75) is 6.92 Å². The second-order valence-corrected chi connectivity index (χ2v) is 4.43. The van der Waals surface area contributed by atoms with Gasteiger partial charge in [-0.3, -0.25) is 4.79 Å². The summed E-state index contributed by atoms with van der Waals surface area (Å²) in [5.74, 6) is -2.94. The first-order valence-corrected chi connectivity index (χ1v) is 6.03. The zero-order valence-electron chi connectivity index (χ0n) is 11.1. The fourth-order valence-corrected chi connectivity index (χ4v) is 1.78. The molecule has 0 bridgehead atoms. The summed E-state index contributed by atoms with van der Waals surface area (Å²) in [5.41, 5.74) is -0.0742. The average Bonchev–Trinajstić information content (AvgIpc) is 2.43. The van der Waals surface area contributed by atoms with Crippen LogP contribution in [0, 0.1) is 12.7 Å². The van der Waals surface area contributed by atoms with E-state index in [0.717, 1.165) is 12.1 Å². The van der Waals surface area contributed by atoms with Gasteiger partial charge < -0.3 is 15.5 Å². The van der Waals surface area contributed by atoms with Crippen molar-refractivity contribution in [3.63, 3.8) is 0 Å². The molecule has 3 N–H and O–H groups in total. The molecule has 0 aromatic heterocycles. The lowest BCUT2D eigenvalue weighted by atomic mass is 10.1. The number of hydrogen-bond donors (Lipinski definition) is 3. The van der Waals surface area contributed by atoms with Crippen molar-refractivity contribution in [1.82, 2.24) is 0 Å². The Balaban J connectivity index is 2.33. The molecule has 2 aromatic carbocycles. The number of aromatic hydroxyl groups is 1. The molecule has 0 heterocycles. The number of amides is 1. The third-order valence-electron chi connectivity index (χ3n) is 2.93. The number of hydrogen-bond acceptors (Lipinski definition) is 3. The summed E-state index contributed by atoms with van der Waals surface area (Å²) in [5, 5.41) is 20.8. The number of carboxylic acids is 1. The molecule has 2 rings (SSSR count). The molecule has 0 radical (unpaired) electrons. The van der Waals surface area contributed by atoms with Gasteiger partial charge in [0.05, 0.1) is 16.8 Å². The van der Waals surface area contributed by atoms with Crippen molar-refractivity contribution in [3.05, 3.63) is 58.9 Å². The Bertz CT molecular complexity index is 728. The van der Waals surface area contributed by atoms with Gasteiger partial charge >= 0.3 is 5.97 Å². The zero-order valence-corrected chi connectivity index (χ0v) is 11.1. The second-order valence-electron chi connectivity index (χ2n) is 4.43. The molecule has 5 nitrogen and oxygen atoms in total. The maximum Gasteiger partial charge on any atom is 0.335 e. The van der Waals surface area contributed by atoms with Crippen LogP contribution in [-0.2, 0) is 0 Å². The molecule has 0 aliphatic heterocycles. The molecule has 0 fully saturated rings. The number of halogens is 1. The van der Waals surface area contributed by atoms with E-state index in [2.05, 4.69) is 5.32 Å². The monoisotopic (exact) mass is 289 g/mol. The van der Waals surface area contributed by atoms with Crippen LogP contribution in [0.1, 0.15) is 26.3 Å². The molecule has 0 unspecified atom stereocenters. The molecule has 6 heteroatoms. The van der Waals surface area contributed by atoms with Crippen molar-refractivity contribution in [2.24, 2.45) is 0 Å². The molecule has 0 atom stereocenters. The van der Waals surface area contributed by atoms with Gasteiger partial charge in [-0.1, -0.05) is 12.1 Å². The molecule has 0 saturated heterocycles. The fourth-order valence-electron chi connectivity index (χ4n) is 1.78. The van der Waals surface area contributed by atoms with Gasteiger partial charge in [0.2, 0.25) is 0 Å². The summed E-state index contributed by atoms with van der Waals surface area (Å²) in [6.45, 7) is 1.52. The van der Waals surface area contributed by atoms with Crippen LogP contribution >= 0.6 is 0 Å². The first-order chi connectivity index (χ1) is 9.90. The van der Waals surface area contributed by atoms with E-state index in [9.17, 15) is 19.1 Å². The normalized spacial score (nSPS) is 10.2. The predicted molar refractivity (Wildman–Crippen MR) is 74.2 cm³/mol. The minimum Gasteiger partial charge on any atom is -0.506 e. The van der Waals surface area contributed by atoms with E-state index in [1.807, 2.05) is 0 Å². The van der Waals surface area contributed by atoms with Gasteiger partial charge in [-0.05, 0) is 36.8 Å². The van der Waals surface area contributed by atoms with Gasteiger partial charge in [0.15, 0.2) is 0 Å². The minimum atomic E-state index is -1.20. The second kappa shape index (κ2) is 5.62. The largest absolute Gasteiger partial charge is 0.506 e. The van der Waals surface area contributed by atoms with Crippen molar-refractivity contribution in [3.8, 4) is 5.75 Å². The number of nitrogens with one attached hydrogen (secondary N) is 1. The van der Waals surface area contributed by atoms with Crippen LogP contribution in [0.25, 0.3) is 0 Å². The Morgan fingerprint density at radius 1 is 1.19 bits per heavy atom. The molecular formula is C15H12FNO4. The van der Waals surface area contributed by atoms with Crippen LogP contribution in [0.4, 0.5) is 10.1 Å². The maximum absolute atomic E-state index is 13.8. The minimum absolute atomic E-state index is 0.0965. The number of carbonyl (C=O) groups is 2. The van der Waals surface area contributed by atoms with Crippen LogP contribution < -0.4 is 5.32 Å². The van der Waals surface area contributed by atoms with Crippen LogP contribution in [0.3, 0.4) is 0 Å². The van der Waals surface area contributed by atoms with E-state index in [0.29, 0.717) is 5.56 Å². The number of benzene rings is 2. The smallest absolute Gasteiger partial charge is 0.335 e. The highest BCUT2D eigenvalue weighted by molar-refractivity contribution is 6.06. The van der Waals surface area contributed by atoms with E-state index in [1.54, 1.807) is 0 Å². The number of rotatable bonds is 3. The number of carboxylic acid groups (broad SMARTS) is 1. The molecule has 1 amide bonds. The highest BCUT2D eigenvalue weighted by Crippen LogP contribution is 2.25. The molecule has 21 heavy (non-hydrogen) atoms. The highest BCUT2D eigenvalue weighted by atomic mass is 19.1. The lowest BCUT2D eigenvalue weighted by Gasteiger charge is -2.09. The van der Waals surface area contributed by atoms with Gasteiger partial charge in [0.1, 0.15) is 11.6 Å². The SMILES string of the molecule is Cc1cccc(C(=O)Nc2cc(C(=O)O)ccc2O)c1F. The summed E-state index contributed by atoms with van der Waals surface area (Å²) in [7, 11) is 0. The number of phenols is 1. The molecule has 108 valence electrons. The van der Waals surface area contributed by atoms with Crippen molar-refractivity contribution < 1.29 is 24.2 Å². The lowest BCUT2D eigenvalue weighted by Crippen LogP contribution is -2.15. The summed E-state index contributed by atoms with van der Waals surface area (Å²) in [6, 6.07) is 7.79. The molecule has 2 aromatic rings. The summed E-state index contributed by atoms with van der Waals surface area (Å²) in [4.78, 5) is 22.9. The van der Waals surface area contributed by atoms with Crippen molar-refractivity contribution in [1.29, 1.82) is 0 Å². The zero-order chi connectivity index (χ0) is 15.6. The first-order valence-electron chi connectivity index (χ1n) is 6.03. The molecule has 0 aliphatic carbocycles. The van der Waals surface area contributed by atoms with Crippen LogP contribution in [0.2, 0.25) is 0 Å². The standard InChI is InChI=1S/C15H12FNO4/c1-8-3-2-4-10(13(8)16)14(19)17-11-7-9(15(20)21)5-6-12(11)18/h2-7,18H,1H3,(H,17,19)(H,20,21). The topological polar surface area (TPSA) is 86.6 Å². The van der Waals surface area contributed by atoms with E-state index in [1.165, 1.54) is 31.2 Å². The first kappa shape index (κ1) is 14.5. The predicted octanol–water partition coefficient (Wildman–Crippen LogP) is 2.79. The number of aryl methyl sites for hydroxylation is 1. The Kier molecular flexibility index (Phi) is 3.89. The quantitative estimate of drug-likeness (QED) is 0.758. The number of aromatic carboxylic acids is 1. The van der Waals surface area contributed by atoms with Gasteiger partial charge in [-0.15, -0.1) is 0 Å². The molecular weight excluding hydrogens is 277 g/mol. The molecule has 0 spiro atoms. The maximum atomic E-state index is 13.8. The van der Waals surface area contributed by atoms with Gasteiger partial charge in [0, 0.05) is 0 Å². The van der Waals surface area contributed by atoms with Crippen molar-refractivity contribution >= 4 is 17.6 Å². The van der Waals surface area contributed by atoms with Gasteiger partial charge in [-0.25, -0.2) is 9.18 Å². The van der Waals surface area contributed by atoms with Gasteiger partial charge in [0.25, 0.3) is 5.91 Å². The Labute approximate surface area is 119 Å². The summed E-state index contributed by atoms with van der Waals surface area (Å²) in [6.07, 6.45) is 0. The van der Waals surface area contributed by atoms with Crippen LogP contribution in [0.5, 0.6) is 5.75 Å². The Hall–Kier alpha value is -2.89. The van der Waals surface area contributed by atoms with E-state index in [4.69, 9.17) is 5.11 Å². The molecule has 0 saturated carbocycles. The highest BCUT2D eigenvalue weighted by Gasteiger charge is 2.16. The lowest BCUT2D eigenvalue weighted by molar-refractivity contribution is 0.0696. The fraction of sp³-hybridized carbons (Fsp3) is 0.0667. The third kappa shape index (κ3) is 3.00. The summed E-state index contributed by atoms with van der Waals surface area (Å²) >= 11 is 0. The van der Waals surface area contributed by atoms with Crippen LogP contribution in [0.15, 0.2) is 36.4 Å². The average molecular weight is 289 g/mol.